The van der Waals surface area contributed by atoms with E-state index in [9.17, 15) is 0 Å². The van der Waals surface area contributed by atoms with Crippen molar-refractivity contribution in [2.45, 2.75) is 6.61 Å². The molecule has 1 fully saturated rings. The third-order valence-electron chi connectivity index (χ3n) is 6.04. The average molecular weight is 414 g/mol. The lowest BCUT2D eigenvalue weighted by Crippen LogP contribution is -2.44. The number of nitrogens with zero attached hydrogens (tertiary/aromatic N) is 5. The van der Waals surface area contributed by atoms with Crippen LogP contribution in [0.25, 0.3) is 22.2 Å². The Labute approximate surface area is 182 Å². The molecule has 1 aliphatic heterocycles. The molecule has 158 valence electrons. The highest BCUT2D eigenvalue weighted by atomic mass is 16.5. The van der Waals surface area contributed by atoms with Crippen LogP contribution in [-0.2, 0) is 13.7 Å². The number of anilines is 1. The third kappa shape index (κ3) is 3.99. The van der Waals surface area contributed by atoms with Gasteiger partial charge in [-0.25, -0.2) is 0 Å². The van der Waals surface area contributed by atoms with E-state index in [2.05, 4.69) is 57.4 Å². The molecular weight excluding hydrogens is 386 g/mol. The molecule has 2 heterocycles. The molecule has 0 radical (unpaired) electrons. The van der Waals surface area contributed by atoms with Crippen LogP contribution in [0.15, 0.2) is 66.7 Å². The summed E-state index contributed by atoms with van der Waals surface area (Å²) in [6, 6.07) is 22.9. The van der Waals surface area contributed by atoms with Gasteiger partial charge < -0.3 is 19.1 Å². The molecular formula is C25H27N5O. The summed E-state index contributed by atoms with van der Waals surface area (Å²) in [7, 11) is 4.16. The maximum absolute atomic E-state index is 6.14. The Bertz CT molecular complexity index is 1180. The van der Waals surface area contributed by atoms with Gasteiger partial charge in [0, 0.05) is 49.9 Å². The zero-order valence-electron chi connectivity index (χ0n) is 18.0. The van der Waals surface area contributed by atoms with Crippen molar-refractivity contribution in [3.05, 3.63) is 72.6 Å². The molecule has 3 aromatic carbocycles. The Morgan fingerprint density at radius 3 is 2.45 bits per heavy atom. The fraction of sp³-hybridized carbons (Fsp3) is 0.280. The predicted molar refractivity (Wildman–Crippen MR) is 124 cm³/mol. The number of rotatable bonds is 5. The van der Waals surface area contributed by atoms with E-state index in [0.717, 1.165) is 49.1 Å². The van der Waals surface area contributed by atoms with Crippen LogP contribution < -0.4 is 9.64 Å². The number of ether oxygens (including phenoxy) is 1. The van der Waals surface area contributed by atoms with Gasteiger partial charge in [0.05, 0.1) is 0 Å². The van der Waals surface area contributed by atoms with Crippen molar-refractivity contribution in [3.63, 3.8) is 0 Å². The Kier molecular flexibility index (Phi) is 5.30. The Balaban J connectivity index is 1.37. The molecule has 4 aromatic rings. The van der Waals surface area contributed by atoms with Gasteiger partial charge in [-0.15, -0.1) is 10.2 Å². The fourth-order valence-electron chi connectivity index (χ4n) is 4.12. The van der Waals surface area contributed by atoms with Gasteiger partial charge in [0.25, 0.3) is 0 Å². The molecule has 1 aromatic heterocycles. The standard InChI is InChI=1S/C25H27N5O/c1-28-13-15-30(16-14-28)23-10-6-9-19-11-12-21(17-22(19)23)31-18-24-26-27-25(29(24)2)20-7-4-3-5-8-20/h3-12,17H,13-16,18H2,1-2H3. The summed E-state index contributed by atoms with van der Waals surface area (Å²) in [5, 5.41) is 11.2. The minimum Gasteiger partial charge on any atom is -0.486 e. The third-order valence-corrected chi connectivity index (χ3v) is 6.04. The van der Waals surface area contributed by atoms with Gasteiger partial charge >= 0.3 is 0 Å². The lowest BCUT2D eigenvalue weighted by molar-refractivity contribution is 0.292. The van der Waals surface area contributed by atoms with E-state index in [1.807, 2.05) is 48.0 Å². The summed E-state index contributed by atoms with van der Waals surface area (Å²) in [4.78, 5) is 4.85. The van der Waals surface area contributed by atoms with E-state index < -0.39 is 0 Å². The fourth-order valence-corrected chi connectivity index (χ4v) is 4.12. The first-order valence-electron chi connectivity index (χ1n) is 10.7. The highest BCUT2D eigenvalue weighted by Gasteiger charge is 2.17. The van der Waals surface area contributed by atoms with Gasteiger partial charge in [0.2, 0.25) is 0 Å². The molecule has 6 nitrogen and oxygen atoms in total. The van der Waals surface area contributed by atoms with Crippen LogP contribution >= 0.6 is 0 Å². The van der Waals surface area contributed by atoms with E-state index in [-0.39, 0.29) is 0 Å². The summed E-state index contributed by atoms with van der Waals surface area (Å²) in [5.41, 5.74) is 2.33. The predicted octanol–water partition coefficient (Wildman–Crippen LogP) is 3.97. The smallest absolute Gasteiger partial charge is 0.171 e. The largest absolute Gasteiger partial charge is 0.486 e. The normalized spacial score (nSPS) is 14.8. The first-order chi connectivity index (χ1) is 15.2. The lowest BCUT2D eigenvalue weighted by Gasteiger charge is -2.34. The first-order valence-corrected chi connectivity index (χ1v) is 10.7. The number of benzene rings is 3. The summed E-state index contributed by atoms with van der Waals surface area (Å²) in [6.45, 7) is 4.63. The summed E-state index contributed by atoms with van der Waals surface area (Å²) in [5.74, 6) is 2.49. The number of fused-ring (bicyclic) bond motifs is 1. The highest BCUT2D eigenvalue weighted by Crippen LogP contribution is 2.31. The number of piperazine rings is 1. The van der Waals surface area contributed by atoms with Crippen molar-refractivity contribution in [1.82, 2.24) is 19.7 Å². The number of aromatic nitrogens is 3. The molecule has 0 N–H and O–H groups in total. The van der Waals surface area contributed by atoms with E-state index in [1.165, 1.54) is 16.5 Å². The van der Waals surface area contributed by atoms with Crippen molar-refractivity contribution in [2.75, 3.05) is 38.1 Å². The van der Waals surface area contributed by atoms with Crippen molar-refractivity contribution in [3.8, 4) is 17.1 Å². The van der Waals surface area contributed by atoms with Gasteiger partial charge in [0.15, 0.2) is 11.6 Å². The molecule has 0 atom stereocenters. The zero-order chi connectivity index (χ0) is 21.2. The van der Waals surface area contributed by atoms with Gasteiger partial charge in [-0.3, -0.25) is 0 Å². The van der Waals surface area contributed by atoms with Crippen LogP contribution in [0.3, 0.4) is 0 Å². The summed E-state index contributed by atoms with van der Waals surface area (Å²) in [6.07, 6.45) is 0. The molecule has 0 bridgehead atoms. The SMILES string of the molecule is CN1CCN(c2cccc3ccc(OCc4nnc(-c5ccccc5)n4C)cc23)CC1. The van der Waals surface area contributed by atoms with Crippen LogP contribution in [0, 0.1) is 0 Å². The van der Waals surface area contributed by atoms with Gasteiger partial charge in [-0.05, 0) is 30.6 Å². The average Bonchev–Trinajstić information content (AvgIpc) is 3.18. The molecule has 0 aliphatic carbocycles. The molecule has 0 spiro atoms. The van der Waals surface area contributed by atoms with Gasteiger partial charge in [-0.1, -0.05) is 48.5 Å². The van der Waals surface area contributed by atoms with Crippen molar-refractivity contribution in [2.24, 2.45) is 7.05 Å². The van der Waals surface area contributed by atoms with E-state index in [1.54, 1.807) is 0 Å². The first kappa shape index (κ1) is 19.6. The number of hydrogen-bond donors (Lipinski definition) is 0. The van der Waals surface area contributed by atoms with Crippen LogP contribution in [-0.4, -0.2) is 52.9 Å². The summed E-state index contributed by atoms with van der Waals surface area (Å²) < 4.78 is 8.13. The molecule has 0 amide bonds. The molecule has 0 saturated carbocycles. The molecule has 6 heteroatoms. The second-order valence-corrected chi connectivity index (χ2v) is 8.10. The van der Waals surface area contributed by atoms with E-state index in [0.29, 0.717) is 6.61 Å². The molecule has 1 saturated heterocycles. The van der Waals surface area contributed by atoms with Crippen LogP contribution in [0.1, 0.15) is 5.82 Å². The second kappa shape index (κ2) is 8.40. The lowest BCUT2D eigenvalue weighted by atomic mass is 10.1. The Hall–Kier alpha value is -3.38. The minimum atomic E-state index is 0.374. The molecule has 1 aliphatic rings. The van der Waals surface area contributed by atoms with Crippen LogP contribution in [0.5, 0.6) is 5.75 Å². The van der Waals surface area contributed by atoms with Gasteiger partial charge in [0.1, 0.15) is 12.4 Å². The summed E-state index contributed by atoms with van der Waals surface area (Å²) >= 11 is 0. The molecule has 0 unspecified atom stereocenters. The van der Waals surface area contributed by atoms with Crippen LogP contribution in [0.4, 0.5) is 5.69 Å². The number of likely N-dealkylation sites (N-methyl/N-ethyl adjacent to an activating group) is 1. The van der Waals surface area contributed by atoms with Crippen molar-refractivity contribution < 1.29 is 4.74 Å². The quantitative estimate of drug-likeness (QED) is 0.496. The van der Waals surface area contributed by atoms with E-state index in [4.69, 9.17) is 4.74 Å². The Morgan fingerprint density at radius 1 is 0.839 bits per heavy atom. The highest BCUT2D eigenvalue weighted by molar-refractivity contribution is 5.95. The van der Waals surface area contributed by atoms with Crippen molar-refractivity contribution in [1.29, 1.82) is 0 Å². The minimum absolute atomic E-state index is 0.374. The van der Waals surface area contributed by atoms with Crippen molar-refractivity contribution >= 4 is 16.5 Å². The zero-order valence-corrected chi connectivity index (χ0v) is 18.0. The topological polar surface area (TPSA) is 46.4 Å². The molecule has 5 rings (SSSR count). The number of hydrogen-bond acceptors (Lipinski definition) is 5. The maximum atomic E-state index is 6.14. The Morgan fingerprint density at radius 2 is 1.65 bits per heavy atom. The monoisotopic (exact) mass is 413 g/mol. The van der Waals surface area contributed by atoms with Gasteiger partial charge in [-0.2, -0.15) is 0 Å². The molecule has 31 heavy (non-hydrogen) atoms. The van der Waals surface area contributed by atoms with Crippen LogP contribution in [0.2, 0.25) is 0 Å². The second-order valence-electron chi connectivity index (χ2n) is 8.10. The maximum Gasteiger partial charge on any atom is 0.171 e. The van der Waals surface area contributed by atoms with E-state index >= 15 is 0 Å².